The van der Waals surface area contributed by atoms with E-state index in [2.05, 4.69) is 123 Å². The Morgan fingerprint density at radius 1 is 0.464 bits per heavy atom. The van der Waals surface area contributed by atoms with E-state index in [1.807, 2.05) is 25.1 Å². The average Bonchev–Trinajstić information content (AvgIpc) is 3.34. The van der Waals surface area contributed by atoms with Gasteiger partial charge in [0.1, 0.15) is 17.1 Å². The topological polar surface area (TPSA) is 171 Å². The second-order valence-corrected chi connectivity index (χ2v) is 18.0. The van der Waals surface area contributed by atoms with E-state index in [0.717, 1.165) is 92.0 Å². The fourth-order valence-corrected chi connectivity index (χ4v) is 9.59. The van der Waals surface area contributed by atoms with Crippen molar-refractivity contribution in [2.24, 2.45) is 0 Å². The van der Waals surface area contributed by atoms with E-state index >= 15 is 0 Å². The first-order valence-electron chi connectivity index (χ1n) is 22.9. The molecule has 368 valence electrons. The molecule has 0 atom stereocenters. The van der Waals surface area contributed by atoms with Gasteiger partial charge in [0.15, 0.2) is 0 Å². The molecule has 3 aromatic heterocycles. The van der Waals surface area contributed by atoms with Crippen molar-refractivity contribution in [3.8, 4) is 33.4 Å². The van der Waals surface area contributed by atoms with Crippen LogP contribution in [0, 0.1) is 100 Å². The van der Waals surface area contributed by atoms with E-state index in [1.54, 1.807) is 18.2 Å². The van der Waals surface area contributed by atoms with Crippen molar-refractivity contribution in [1.29, 1.82) is 0 Å². The van der Waals surface area contributed by atoms with E-state index in [9.17, 15) is 29.7 Å². The van der Waals surface area contributed by atoms with Gasteiger partial charge < -0.3 is 20.6 Å². The molecule has 12 nitrogen and oxygen atoms in total. The first-order chi connectivity index (χ1) is 31.8. The molecule has 7 rings (SSSR count). The summed E-state index contributed by atoms with van der Waals surface area (Å²) in [5, 5.41) is 33.8. The van der Waals surface area contributed by atoms with Gasteiger partial charge in [-0.1, -0.05) is 67.4 Å². The molecule has 3 N–H and O–H groups in total. The summed E-state index contributed by atoms with van der Waals surface area (Å²) in [6.07, 6.45) is 0.720. The third-order valence-corrected chi connectivity index (χ3v) is 12.2. The minimum atomic E-state index is -1.05. The molecule has 0 amide bonds. The van der Waals surface area contributed by atoms with Gasteiger partial charge in [-0.3, -0.25) is 9.80 Å². The molecule has 0 unspecified atom stereocenters. The predicted molar refractivity (Wildman–Crippen MR) is 272 cm³/mol. The smallest absolute Gasteiger partial charge is 0.354 e. The molecule has 0 bridgehead atoms. The normalized spacial score (nSPS) is 13.1. The van der Waals surface area contributed by atoms with Crippen LogP contribution in [0.25, 0.3) is 38.7 Å². The zero-order valence-electron chi connectivity index (χ0n) is 40.9. The summed E-state index contributed by atoms with van der Waals surface area (Å²) in [5.41, 5.74) is 18.5. The number of hydrogen-bond donors (Lipinski definition) is 3. The van der Waals surface area contributed by atoms with Crippen molar-refractivity contribution in [2.75, 3.05) is 39.3 Å². The van der Waals surface area contributed by atoms with E-state index < -0.39 is 17.9 Å². The number of rotatable bonds is 11. The van der Waals surface area contributed by atoms with Gasteiger partial charge >= 0.3 is 17.9 Å². The molecule has 13 heteroatoms. The van der Waals surface area contributed by atoms with Crippen molar-refractivity contribution in [3.63, 3.8) is 0 Å². The molecule has 1 aliphatic rings. The molecular weight excluding hydrogens is 1020 g/mol. The van der Waals surface area contributed by atoms with Crippen LogP contribution in [0.3, 0.4) is 0 Å². The second kappa shape index (κ2) is 25.0. The SMILES string of the molecule is C.CCc1cc(-c2c(C)cc(C)cc2C)cc(C(=O)O)n1.Cc1cc(C)c(-c2cc(CN3CC[N-]CCN(Cc4cc(-c5c(C)cc(C)cc5C)cc(C(=O)O)n4)CC3)nc(C(=O)O)c2)c(C)c1.[Dy]. The molecule has 0 saturated carbocycles. The Morgan fingerprint density at radius 3 is 1.01 bits per heavy atom. The van der Waals surface area contributed by atoms with E-state index in [0.29, 0.717) is 50.7 Å². The zero-order chi connectivity index (χ0) is 48.7. The molecule has 3 aromatic carbocycles. The van der Waals surface area contributed by atoms with Crippen LogP contribution >= 0.6 is 0 Å². The molecule has 0 spiro atoms. The van der Waals surface area contributed by atoms with Gasteiger partial charge in [0.05, 0.1) is 11.4 Å². The van der Waals surface area contributed by atoms with Gasteiger partial charge in [-0.2, -0.15) is 0 Å². The Balaban J connectivity index is 0.000000396. The summed E-state index contributed by atoms with van der Waals surface area (Å²) in [7, 11) is 0. The summed E-state index contributed by atoms with van der Waals surface area (Å²) in [6.45, 7) is 25.7. The first-order valence-corrected chi connectivity index (χ1v) is 22.9. The van der Waals surface area contributed by atoms with Crippen molar-refractivity contribution in [3.05, 3.63) is 162 Å². The van der Waals surface area contributed by atoms with E-state index in [1.165, 1.54) is 16.7 Å². The number of carboxylic acids is 3. The van der Waals surface area contributed by atoms with Crippen molar-refractivity contribution >= 4 is 17.9 Å². The van der Waals surface area contributed by atoms with Crippen molar-refractivity contribution in [1.82, 2.24) is 24.8 Å². The number of carbonyl (C=O) groups is 3. The maximum atomic E-state index is 12.1. The molecule has 6 aromatic rings. The van der Waals surface area contributed by atoms with Gasteiger partial charge in [0.25, 0.3) is 0 Å². The van der Waals surface area contributed by atoms with Crippen LogP contribution in [0.15, 0.2) is 72.8 Å². The standard InChI is InChI=1S/C38H44N5O4.C17H19NO2.CH4.Dy/c1-23-13-25(3)35(26(4)14-23)29-17-31(40-33(19-29)37(44)45)21-42-9-7-39-8-10-43(12-11-42)22-32-18-30(20-34(41-32)38(46)47)36-27(5)15-24(2)16-28(36)6;1-5-14-8-13(9-15(18-14)17(19)20)16-11(3)6-10(2)7-12(16)4;;/h13-20H,7-12,21-22H2,1-6H3,(H,44,45)(H,46,47);6-9H,5H2,1-4H3,(H,19,20);1H4;/q-1;;;. The third kappa shape index (κ3) is 14.6. The van der Waals surface area contributed by atoms with Gasteiger partial charge in [-0.05, 0) is 185 Å². The maximum Gasteiger partial charge on any atom is 0.354 e. The average molecular weight is 1080 g/mol. The molecule has 4 heterocycles. The summed E-state index contributed by atoms with van der Waals surface area (Å²) in [4.78, 5) is 53.2. The number of carboxylic acid groups (broad SMARTS) is 3. The predicted octanol–water partition coefficient (Wildman–Crippen LogP) is 11.3. The van der Waals surface area contributed by atoms with E-state index in [4.69, 9.17) is 5.32 Å². The number of pyridine rings is 3. The Bertz CT molecular complexity index is 2640. The quantitative estimate of drug-likeness (QED) is 0.113. The van der Waals surface area contributed by atoms with Crippen LogP contribution in [-0.4, -0.2) is 97.2 Å². The minimum absolute atomic E-state index is 0. The van der Waals surface area contributed by atoms with Crippen LogP contribution in [-0.2, 0) is 19.5 Å². The van der Waals surface area contributed by atoms with Crippen LogP contribution in [0.2, 0.25) is 0 Å². The van der Waals surface area contributed by atoms with Crippen LogP contribution in [0.5, 0.6) is 0 Å². The van der Waals surface area contributed by atoms with Crippen LogP contribution < -0.4 is 0 Å². The number of aromatic nitrogens is 3. The monoisotopic (exact) mass is 1080 g/mol. The van der Waals surface area contributed by atoms with Crippen molar-refractivity contribution < 1.29 is 67.9 Å². The summed E-state index contributed by atoms with van der Waals surface area (Å²) < 4.78 is 0. The van der Waals surface area contributed by atoms with Crippen molar-refractivity contribution in [2.45, 2.75) is 96.2 Å². The molecule has 1 saturated heterocycles. The Hall–Kier alpha value is -5.33. The molecule has 1 aliphatic heterocycles. The molecule has 1 fully saturated rings. The minimum Gasteiger partial charge on any atom is -0.660 e. The van der Waals surface area contributed by atoms with Crippen LogP contribution in [0.1, 0.15) is 113 Å². The maximum absolute atomic E-state index is 12.1. The fraction of sp³-hybridized carbons (Fsp3) is 0.357. The number of benzene rings is 3. The fourth-order valence-electron chi connectivity index (χ4n) is 9.59. The number of nitrogens with zero attached hydrogens (tertiary/aromatic N) is 6. The second-order valence-electron chi connectivity index (χ2n) is 18.0. The number of aromatic carboxylic acids is 3. The molecular formula is C56H67DyN6O6-. The summed E-state index contributed by atoms with van der Waals surface area (Å²) in [5.74, 6) is -3.08. The van der Waals surface area contributed by atoms with E-state index in [-0.39, 0.29) is 62.7 Å². The Kier molecular flexibility index (Phi) is 20.4. The molecule has 0 radical (unpaired) electrons. The summed E-state index contributed by atoms with van der Waals surface area (Å²) >= 11 is 0. The largest absolute Gasteiger partial charge is 0.660 e. The van der Waals surface area contributed by atoms with Gasteiger partial charge in [0.2, 0.25) is 0 Å². The Morgan fingerprint density at radius 2 is 0.739 bits per heavy atom. The zero-order valence-corrected chi connectivity index (χ0v) is 42.9. The first kappa shape index (κ1) is 56.3. The van der Waals surface area contributed by atoms with Gasteiger partial charge in [-0.15, -0.1) is 13.1 Å². The summed E-state index contributed by atoms with van der Waals surface area (Å²) in [6, 6.07) is 23.7. The Labute approximate surface area is 438 Å². The third-order valence-electron chi connectivity index (χ3n) is 12.2. The molecule has 69 heavy (non-hydrogen) atoms. The molecule has 0 aliphatic carbocycles. The van der Waals surface area contributed by atoms with Gasteiger partial charge in [-0.25, -0.2) is 29.3 Å². The number of aryl methyl sites for hydroxylation is 10. The van der Waals surface area contributed by atoms with Crippen LogP contribution in [0.4, 0.5) is 0 Å². The number of hydrogen-bond acceptors (Lipinski definition) is 8. The van der Waals surface area contributed by atoms with Gasteiger partial charge in [0, 0.05) is 70.0 Å².